The van der Waals surface area contributed by atoms with Crippen molar-refractivity contribution < 1.29 is 9.90 Å². The maximum atomic E-state index is 11.3. The fourth-order valence-electron chi connectivity index (χ4n) is 2.76. The molecule has 0 saturated carbocycles. The highest BCUT2D eigenvalue weighted by molar-refractivity contribution is 7.09. The number of carboxylic acids is 1. The van der Waals surface area contributed by atoms with Gasteiger partial charge in [0.05, 0.1) is 6.54 Å². The van der Waals surface area contributed by atoms with E-state index in [2.05, 4.69) is 29.7 Å². The first-order valence-corrected chi connectivity index (χ1v) is 11.4. The largest absolute Gasteiger partial charge is 0.478 e. The molecule has 2 N–H and O–H groups in total. The predicted molar refractivity (Wildman–Crippen MR) is 134 cm³/mol. The third-order valence-corrected chi connectivity index (χ3v) is 5.26. The number of halogens is 1. The van der Waals surface area contributed by atoms with Gasteiger partial charge in [0.2, 0.25) is 0 Å². The second kappa shape index (κ2) is 14.3. The van der Waals surface area contributed by atoms with E-state index in [-0.39, 0.29) is 12.0 Å². The number of allylic oxidation sites excluding steroid dienone is 6. The normalized spacial score (nSPS) is 14.6. The van der Waals surface area contributed by atoms with Crippen LogP contribution >= 0.6 is 22.9 Å². The first kappa shape index (κ1) is 26.3. The number of nitrogens with one attached hydrogen (secondary N) is 1. The quantitative estimate of drug-likeness (QED) is 0.304. The molecule has 1 aromatic heterocycles. The first-order chi connectivity index (χ1) is 15.0. The molecule has 0 radical (unpaired) electrons. The Morgan fingerprint density at radius 2 is 2.13 bits per heavy atom. The zero-order valence-corrected chi connectivity index (χ0v) is 19.9. The molecule has 1 aliphatic rings. The van der Waals surface area contributed by atoms with Crippen LogP contribution < -0.4 is 5.32 Å². The van der Waals surface area contributed by atoms with Crippen LogP contribution in [0.5, 0.6) is 0 Å². The van der Waals surface area contributed by atoms with Gasteiger partial charge in [-0.3, -0.25) is 4.99 Å². The summed E-state index contributed by atoms with van der Waals surface area (Å²) in [5.41, 5.74) is 2.66. The van der Waals surface area contributed by atoms with Crippen LogP contribution in [-0.2, 0) is 11.3 Å². The van der Waals surface area contributed by atoms with Gasteiger partial charge in [-0.1, -0.05) is 44.5 Å². The minimum absolute atomic E-state index is 0.168. The average molecular weight is 460 g/mol. The van der Waals surface area contributed by atoms with Gasteiger partial charge in [-0.2, -0.15) is 0 Å². The summed E-state index contributed by atoms with van der Waals surface area (Å²) in [4.78, 5) is 21.4. The van der Waals surface area contributed by atoms with Crippen molar-refractivity contribution in [3.8, 4) is 0 Å². The summed E-state index contributed by atoms with van der Waals surface area (Å²) < 4.78 is 0. The summed E-state index contributed by atoms with van der Waals surface area (Å²) >= 11 is 7.86. The molecule has 0 saturated heterocycles. The maximum Gasteiger partial charge on any atom is 0.331 e. The number of hydrogen-bond acceptors (Lipinski definition) is 5. The topological polar surface area (TPSA) is 74.0 Å². The van der Waals surface area contributed by atoms with Gasteiger partial charge < -0.3 is 10.4 Å². The summed E-state index contributed by atoms with van der Waals surface area (Å²) in [6, 6.07) is 4.06. The van der Waals surface area contributed by atoms with Crippen molar-refractivity contribution in [2.24, 2.45) is 9.98 Å². The second-order valence-corrected chi connectivity index (χ2v) is 7.70. The molecule has 1 aromatic rings. The van der Waals surface area contributed by atoms with E-state index in [4.69, 9.17) is 16.6 Å². The van der Waals surface area contributed by atoms with E-state index in [1.54, 1.807) is 29.6 Å². The zero-order valence-electron chi connectivity index (χ0n) is 18.3. The van der Waals surface area contributed by atoms with E-state index in [0.29, 0.717) is 29.5 Å². The molecule has 31 heavy (non-hydrogen) atoms. The van der Waals surface area contributed by atoms with E-state index in [0.717, 1.165) is 17.7 Å². The molecule has 5 nitrogen and oxygen atoms in total. The van der Waals surface area contributed by atoms with E-state index >= 15 is 0 Å². The van der Waals surface area contributed by atoms with Crippen molar-refractivity contribution in [1.29, 1.82) is 0 Å². The monoisotopic (exact) mass is 459 g/mol. The van der Waals surface area contributed by atoms with Crippen LogP contribution in [0.15, 0.2) is 86.1 Å². The van der Waals surface area contributed by atoms with Crippen LogP contribution in [-0.4, -0.2) is 23.5 Å². The van der Waals surface area contributed by atoms with E-state index in [9.17, 15) is 9.90 Å². The SMILES string of the molecule is C=CC/C(C(CC)=NCc1cccs1)=C(/N=C)NC1=CC=C(C(=O)O)CC(Cl)=C1.CC. The Balaban J connectivity index is 0.00000233. The highest BCUT2D eigenvalue weighted by Crippen LogP contribution is 2.22. The lowest BCUT2D eigenvalue weighted by Crippen LogP contribution is -2.16. The van der Waals surface area contributed by atoms with Crippen LogP contribution in [0.25, 0.3) is 0 Å². The van der Waals surface area contributed by atoms with Crippen molar-refractivity contribution in [3.63, 3.8) is 0 Å². The fourth-order valence-corrected chi connectivity index (χ4v) is 3.65. The molecule has 0 spiro atoms. The molecule has 1 aliphatic carbocycles. The smallest absolute Gasteiger partial charge is 0.331 e. The first-order valence-electron chi connectivity index (χ1n) is 10.1. The summed E-state index contributed by atoms with van der Waals surface area (Å²) in [6.45, 7) is 14.2. The molecule has 7 heteroatoms. The Bertz CT molecular complexity index is 923. The maximum absolute atomic E-state index is 11.3. The summed E-state index contributed by atoms with van der Waals surface area (Å²) in [6.07, 6.45) is 8.17. The van der Waals surface area contributed by atoms with Gasteiger partial charge in [0, 0.05) is 38.9 Å². The number of nitrogens with zero attached hydrogens (tertiary/aromatic N) is 2. The fraction of sp³-hybridized carbons (Fsp3) is 0.292. The van der Waals surface area contributed by atoms with Crippen LogP contribution in [0.1, 0.15) is 44.9 Å². The Hall–Kier alpha value is -2.70. The number of thiophene rings is 1. The van der Waals surface area contributed by atoms with Gasteiger partial charge in [0.1, 0.15) is 5.82 Å². The average Bonchev–Trinajstić information content (AvgIpc) is 3.21. The van der Waals surface area contributed by atoms with E-state index in [1.165, 1.54) is 11.0 Å². The van der Waals surface area contributed by atoms with Crippen molar-refractivity contribution in [2.75, 3.05) is 0 Å². The highest BCUT2D eigenvalue weighted by atomic mass is 35.5. The molecule has 0 atom stereocenters. The molecular weight excluding hydrogens is 430 g/mol. The second-order valence-electron chi connectivity index (χ2n) is 6.19. The zero-order chi connectivity index (χ0) is 23.2. The Labute approximate surface area is 194 Å². The van der Waals surface area contributed by atoms with Crippen LogP contribution in [0.3, 0.4) is 0 Å². The van der Waals surface area contributed by atoms with Gasteiger partial charge in [-0.15, -0.1) is 17.9 Å². The third kappa shape index (κ3) is 8.52. The molecule has 2 rings (SSSR count). The predicted octanol–water partition coefficient (Wildman–Crippen LogP) is 6.62. The Kier molecular flexibility index (Phi) is 12.2. The van der Waals surface area contributed by atoms with Gasteiger partial charge in [-0.25, -0.2) is 9.79 Å². The van der Waals surface area contributed by atoms with Crippen molar-refractivity contribution >= 4 is 41.3 Å². The Morgan fingerprint density at radius 1 is 1.39 bits per heavy atom. The molecule has 166 valence electrons. The molecule has 0 aliphatic heterocycles. The lowest BCUT2D eigenvalue weighted by atomic mass is 10.0. The van der Waals surface area contributed by atoms with Crippen molar-refractivity contribution in [1.82, 2.24) is 5.32 Å². The van der Waals surface area contributed by atoms with Gasteiger partial charge >= 0.3 is 5.97 Å². The summed E-state index contributed by atoms with van der Waals surface area (Å²) in [5.74, 6) is -0.441. The minimum atomic E-state index is -0.993. The van der Waals surface area contributed by atoms with Crippen molar-refractivity contribution in [3.05, 3.63) is 81.0 Å². The number of hydrogen-bond donors (Lipinski definition) is 2. The van der Waals surface area contributed by atoms with Gasteiger partial charge in [0.25, 0.3) is 0 Å². The summed E-state index contributed by atoms with van der Waals surface area (Å²) in [7, 11) is 0. The Morgan fingerprint density at radius 3 is 2.68 bits per heavy atom. The number of carbonyl (C=O) groups is 1. The standard InChI is InChI=1S/C22H24ClN3O2S.C2H6/c1-4-7-19(20(5-2)25-14-18-8-6-11-29-18)21(24-3)26-17-10-9-15(22(27)28)12-16(23)13-17;1-2/h4,6,8-11,13,26H,1,3,5,7,12,14H2,2H3,(H,27,28);1-2H3/b21-19+,25-20?;. The van der Waals surface area contributed by atoms with Gasteiger partial charge in [-0.05, 0) is 49.2 Å². The van der Waals surface area contributed by atoms with Crippen LogP contribution in [0.4, 0.5) is 0 Å². The lowest BCUT2D eigenvalue weighted by Gasteiger charge is -2.15. The van der Waals surface area contributed by atoms with E-state index in [1.807, 2.05) is 32.2 Å². The summed E-state index contributed by atoms with van der Waals surface area (Å²) in [5, 5.41) is 14.9. The minimum Gasteiger partial charge on any atom is -0.478 e. The number of aliphatic imine (C=N–C) groups is 2. The number of aliphatic carboxylic acids is 1. The van der Waals surface area contributed by atoms with Crippen LogP contribution in [0, 0.1) is 0 Å². The van der Waals surface area contributed by atoms with Crippen LogP contribution in [0.2, 0.25) is 0 Å². The molecule has 0 unspecified atom stereocenters. The number of rotatable bonds is 10. The number of carboxylic acid groups (broad SMARTS) is 1. The van der Waals surface area contributed by atoms with E-state index < -0.39 is 5.97 Å². The van der Waals surface area contributed by atoms with Gasteiger partial charge in [0.15, 0.2) is 0 Å². The van der Waals surface area contributed by atoms with Crippen molar-refractivity contribution in [2.45, 2.75) is 46.6 Å². The molecule has 0 aromatic carbocycles. The molecule has 0 bridgehead atoms. The lowest BCUT2D eigenvalue weighted by molar-refractivity contribution is -0.132. The molecule has 1 heterocycles. The molecule has 0 amide bonds. The third-order valence-electron chi connectivity index (χ3n) is 4.15. The highest BCUT2D eigenvalue weighted by Gasteiger charge is 2.15. The molecule has 0 fully saturated rings. The molecular formula is C24H30ClN3O2S.